The van der Waals surface area contributed by atoms with Gasteiger partial charge in [0.05, 0.1) is 19.1 Å². The van der Waals surface area contributed by atoms with Gasteiger partial charge in [0, 0.05) is 20.1 Å². The van der Waals surface area contributed by atoms with Crippen LogP contribution in [-0.2, 0) is 9.53 Å². The fourth-order valence-electron chi connectivity index (χ4n) is 2.89. The molecule has 0 saturated carbocycles. The van der Waals surface area contributed by atoms with E-state index in [2.05, 4.69) is 10.2 Å². The topological polar surface area (TPSA) is 44.8 Å². The fraction of sp³-hybridized carbons (Fsp3) is 0.933. The Kier molecular flexibility index (Phi) is 6.76. The Morgan fingerprint density at radius 2 is 2.00 bits per heavy atom. The van der Waals surface area contributed by atoms with Gasteiger partial charge in [0.1, 0.15) is 0 Å². The van der Waals surface area contributed by atoms with Gasteiger partial charge in [-0.1, -0.05) is 0 Å². The van der Waals surface area contributed by atoms with Crippen molar-refractivity contribution in [3.8, 4) is 0 Å². The Bertz CT molecular complexity index is 287. The van der Waals surface area contributed by atoms with Crippen molar-refractivity contribution in [1.29, 1.82) is 0 Å². The van der Waals surface area contributed by atoms with E-state index in [4.69, 9.17) is 4.74 Å². The highest BCUT2D eigenvalue weighted by Gasteiger charge is 2.16. The van der Waals surface area contributed by atoms with E-state index >= 15 is 0 Å². The van der Waals surface area contributed by atoms with Crippen molar-refractivity contribution >= 4 is 5.91 Å². The summed E-state index contributed by atoms with van der Waals surface area (Å²) in [6, 6.07) is 0. The van der Waals surface area contributed by atoms with Gasteiger partial charge in [0.2, 0.25) is 5.91 Å². The van der Waals surface area contributed by atoms with Crippen LogP contribution in [0, 0.1) is 0 Å². The minimum atomic E-state index is 0.207. The molecule has 2 fully saturated rings. The minimum Gasteiger partial charge on any atom is -0.378 e. The van der Waals surface area contributed by atoms with Crippen LogP contribution < -0.4 is 5.32 Å². The van der Waals surface area contributed by atoms with Crippen LogP contribution in [0.4, 0.5) is 0 Å². The smallest absolute Gasteiger partial charge is 0.224 e. The number of rotatable bonds is 7. The van der Waals surface area contributed by atoms with Crippen LogP contribution in [0.5, 0.6) is 0 Å². The Hall–Kier alpha value is -0.650. The lowest BCUT2D eigenvalue weighted by Crippen LogP contribution is -2.36. The minimum absolute atomic E-state index is 0.207. The normalized spacial score (nSPS) is 21.2. The van der Waals surface area contributed by atoms with Gasteiger partial charge in [-0.25, -0.2) is 0 Å². The number of likely N-dealkylation sites (tertiary alicyclic amines) is 1. The average Bonchev–Trinajstić information content (AvgIpc) is 2.99. The molecule has 0 atom stereocenters. The van der Waals surface area contributed by atoms with E-state index < -0.39 is 0 Å². The first kappa shape index (κ1) is 15.7. The number of nitrogens with one attached hydrogen (secondary N) is 1. The second-order valence-corrected chi connectivity index (χ2v) is 5.93. The fourth-order valence-corrected chi connectivity index (χ4v) is 2.89. The molecule has 2 rings (SSSR count). The molecule has 5 heteroatoms. The van der Waals surface area contributed by atoms with Gasteiger partial charge in [0.25, 0.3) is 0 Å². The van der Waals surface area contributed by atoms with E-state index in [1.165, 1.54) is 25.9 Å². The molecule has 2 heterocycles. The number of amides is 1. The van der Waals surface area contributed by atoms with Gasteiger partial charge in [-0.3, -0.25) is 4.79 Å². The molecule has 0 spiro atoms. The molecule has 0 aromatic carbocycles. The third kappa shape index (κ3) is 5.38. The summed E-state index contributed by atoms with van der Waals surface area (Å²) in [6.07, 6.45) is 5.61. The van der Waals surface area contributed by atoms with Crippen molar-refractivity contribution in [1.82, 2.24) is 15.1 Å². The molecule has 0 aromatic heterocycles. The molecule has 20 heavy (non-hydrogen) atoms. The van der Waals surface area contributed by atoms with Crippen LogP contribution in [0.25, 0.3) is 0 Å². The maximum atomic E-state index is 12.0. The van der Waals surface area contributed by atoms with Gasteiger partial charge >= 0.3 is 0 Å². The first-order chi connectivity index (χ1) is 9.75. The molecule has 1 N–H and O–H groups in total. The van der Waals surface area contributed by atoms with Crippen molar-refractivity contribution in [2.24, 2.45) is 0 Å². The molecule has 0 aliphatic carbocycles. The Balaban J connectivity index is 1.53. The number of ether oxygens (including phenoxy) is 1. The first-order valence-corrected chi connectivity index (χ1v) is 8.04. The van der Waals surface area contributed by atoms with Crippen molar-refractivity contribution in [3.05, 3.63) is 0 Å². The molecule has 0 radical (unpaired) electrons. The summed E-state index contributed by atoms with van der Waals surface area (Å²) in [7, 11) is 1.91. The van der Waals surface area contributed by atoms with Gasteiger partial charge in [-0.05, 0) is 51.9 Å². The molecular weight excluding hydrogens is 254 g/mol. The second-order valence-electron chi connectivity index (χ2n) is 5.93. The van der Waals surface area contributed by atoms with E-state index in [9.17, 15) is 4.79 Å². The third-order valence-electron chi connectivity index (χ3n) is 4.33. The van der Waals surface area contributed by atoms with Crippen LogP contribution in [-0.4, -0.2) is 74.7 Å². The van der Waals surface area contributed by atoms with Gasteiger partial charge in [-0.2, -0.15) is 0 Å². The maximum absolute atomic E-state index is 12.0. The van der Waals surface area contributed by atoms with Crippen molar-refractivity contribution in [2.45, 2.75) is 38.2 Å². The number of piperidine rings is 1. The molecule has 2 aliphatic rings. The molecule has 0 aromatic rings. The summed E-state index contributed by atoms with van der Waals surface area (Å²) in [5, 5.41) is 3.32. The maximum Gasteiger partial charge on any atom is 0.224 e. The molecular formula is C15H29N3O2. The summed E-state index contributed by atoms with van der Waals surface area (Å²) in [5.41, 5.74) is 0. The van der Waals surface area contributed by atoms with E-state index in [0.29, 0.717) is 19.1 Å². The van der Waals surface area contributed by atoms with Crippen LogP contribution in [0.1, 0.15) is 32.1 Å². The highest BCUT2D eigenvalue weighted by atomic mass is 16.5. The predicted octanol–water partition coefficient (Wildman–Crippen LogP) is 0.699. The van der Waals surface area contributed by atoms with Crippen LogP contribution in [0.3, 0.4) is 0 Å². The molecule has 116 valence electrons. The summed E-state index contributed by atoms with van der Waals surface area (Å²) in [4.78, 5) is 16.3. The van der Waals surface area contributed by atoms with Gasteiger partial charge in [-0.15, -0.1) is 0 Å². The van der Waals surface area contributed by atoms with Crippen LogP contribution in [0.2, 0.25) is 0 Å². The zero-order valence-corrected chi connectivity index (χ0v) is 12.8. The molecule has 0 bridgehead atoms. The highest BCUT2D eigenvalue weighted by molar-refractivity contribution is 5.75. The largest absolute Gasteiger partial charge is 0.378 e. The van der Waals surface area contributed by atoms with Crippen molar-refractivity contribution in [3.63, 3.8) is 0 Å². The third-order valence-corrected chi connectivity index (χ3v) is 4.33. The lowest BCUT2D eigenvalue weighted by Gasteiger charge is -2.24. The molecule has 1 amide bonds. The number of hydrogen-bond donors (Lipinski definition) is 1. The van der Waals surface area contributed by atoms with E-state index in [-0.39, 0.29) is 5.91 Å². The summed E-state index contributed by atoms with van der Waals surface area (Å²) < 4.78 is 5.78. The lowest BCUT2D eigenvalue weighted by molar-refractivity contribution is -0.131. The first-order valence-electron chi connectivity index (χ1n) is 8.04. The molecule has 2 saturated heterocycles. The van der Waals surface area contributed by atoms with Gasteiger partial charge in [0.15, 0.2) is 0 Å². The molecule has 2 aliphatic heterocycles. The number of carbonyl (C=O) groups excluding carboxylic acids is 1. The standard InChI is InChI=1S/C15H29N3O2/c1-17(11-12-18-9-2-3-10-18)15(19)6-13-20-14-4-7-16-8-5-14/h14,16H,2-13H2,1H3. The highest BCUT2D eigenvalue weighted by Crippen LogP contribution is 2.08. The number of carbonyl (C=O) groups is 1. The summed E-state index contributed by atoms with van der Waals surface area (Å²) >= 11 is 0. The number of hydrogen-bond acceptors (Lipinski definition) is 4. The van der Waals surface area contributed by atoms with Crippen molar-refractivity contribution < 1.29 is 9.53 Å². The SMILES string of the molecule is CN(CCN1CCCC1)C(=O)CCOC1CCNCC1. The zero-order valence-electron chi connectivity index (χ0n) is 12.8. The number of likely N-dealkylation sites (N-methyl/N-ethyl adjacent to an activating group) is 1. The Labute approximate surface area is 122 Å². The van der Waals surface area contributed by atoms with E-state index in [1.54, 1.807) is 0 Å². The predicted molar refractivity (Wildman–Crippen MR) is 79.8 cm³/mol. The molecule has 5 nitrogen and oxygen atoms in total. The summed E-state index contributed by atoms with van der Waals surface area (Å²) in [5.74, 6) is 0.207. The lowest BCUT2D eigenvalue weighted by atomic mass is 10.1. The average molecular weight is 283 g/mol. The van der Waals surface area contributed by atoms with Crippen LogP contribution in [0.15, 0.2) is 0 Å². The zero-order chi connectivity index (χ0) is 14.2. The molecule has 0 unspecified atom stereocenters. The Morgan fingerprint density at radius 1 is 1.30 bits per heavy atom. The van der Waals surface area contributed by atoms with E-state index in [0.717, 1.165) is 39.0 Å². The Morgan fingerprint density at radius 3 is 2.70 bits per heavy atom. The quantitative estimate of drug-likeness (QED) is 0.747. The number of nitrogens with zero attached hydrogens (tertiary/aromatic N) is 2. The monoisotopic (exact) mass is 283 g/mol. The van der Waals surface area contributed by atoms with E-state index in [1.807, 2.05) is 11.9 Å². The van der Waals surface area contributed by atoms with Crippen molar-refractivity contribution in [2.75, 3.05) is 52.9 Å². The van der Waals surface area contributed by atoms with Crippen LogP contribution >= 0.6 is 0 Å². The summed E-state index contributed by atoms with van der Waals surface area (Å²) in [6.45, 7) is 6.88. The second kappa shape index (κ2) is 8.60. The van der Waals surface area contributed by atoms with Gasteiger partial charge < -0.3 is 19.9 Å².